The molecule has 2 N–H and O–H groups in total. The van der Waals surface area contributed by atoms with E-state index in [1.807, 2.05) is 31.2 Å². The highest BCUT2D eigenvalue weighted by atomic mass is 32.2. The normalized spacial score (nSPS) is 15.1. The fourth-order valence-corrected chi connectivity index (χ4v) is 4.50. The van der Waals surface area contributed by atoms with Crippen LogP contribution in [-0.2, 0) is 10.0 Å². The lowest BCUT2D eigenvalue weighted by atomic mass is 10.1. The van der Waals surface area contributed by atoms with Gasteiger partial charge in [-0.1, -0.05) is 35.9 Å². The highest BCUT2D eigenvalue weighted by Crippen LogP contribution is 2.30. The highest BCUT2D eigenvalue weighted by molar-refractivity contribution is 7.92. The molecule has 8 heteroatoms. The average molecular weight is 453 g/mol. The molecule has 1 aliphatic heterocycles. The van der Waals surface area contributed by atoms with Gasteiger partial charge in [0, 0.05) is 5.56 Å². The number of nitrogens with one attached hydrogen (secondary N) is 2. The second kappa shape index (κ2) is 8.92. The SMILES string of the molecule is Cc1ccc(S(=O)(=O)Nc2cccc(C(=O)NCC3COc4ccccc4O3)c2C)cc1. The van der Waals surface area contributed by atoms with Crippen LogP contribution in [0.4, 0.5) is 5.69 Å². The molecule has 1 aliphatic rings. The molecule has 0 saturated carbocycles. The van der Waals surface area contributed by atoms with Crippen LogP contribution in [0, 0.1) is 13.8 Å². The molecule has 0 aromatic heterocycles. The van der Waals surface area contributed by atoms with E-state index in [0.717, 1.165) is 5.56 Å². The number of amides is 1. The Morgan fingerprint density at radius 2 is 1.69 bits per heavy atom. The van der Waals surface area contributed by atoms with E-state index >= 15 is 0 Å². The number of ether oxygens (including phenoxy) is 2. The number of sulfonamides is 1. The third-order valence-electron chi connectivity index (χ3n) is 5.21. The number of hydrogen-bond acceptors (Lipinski definition) is 5. The van der Waals surface area contributed by atoms with Gasteiger partial charge >= 0.3 is 0 Å². The first-order valence-corrected chi connectivity index (χ1v) is 11.7. The summed E-state index contributed by atoms with van der Waals surface area (Å²) in [5, 5.41) is 2.85. The van der Waals surface area contributed by atoms with Crippen LogP contribution in [0.5, 0.6) is 11.5 Å². The van der Waals surface area contributed by atoms with E-state index in [1.54, 1.807) is 49.4 Å². The zero-order chi connectivity index (χ0) is 22.7. The number of carbonyl (C=O) groups is 1. The highest BCUT2D eigenvalue weighted by Gasteiger charge is 2.22. The molecule has 0 aliphatic carbocycles. The second-order valence-corrected chi connectivity index (χ2v) is 9.29. The van der Waals surface area contributed by atoms with Crippen molar-refractivity contribution in [3.8, 4) is 11.5 Å². The minimum atomic E-state index is -3.77. The Labute approximate surface area is 187 Å². The Morgan fingerprint density at radius 1 is 0.969 bits per heavy atom. The first kappa shape index (κ1) is 21.7. The maximum Gasteiger partial charge on any atom is 0.261 e. The Kier molecular flexibility index (Phi) is 6.05. The van der Waals surface area contributed by atoms with Gasteiger partial charge < -0.3 is 14.8 Å². The maximum atomic E-state index is 12.8. The zero-order valence-electron chi connectivity index (χ0n) is 17.8. The van der Waals surface area contributed by atoms with Crippen molar-refractivity contribution in [2.45, 2.75) is 24.8 Å². The molecule has 0 fully saturated rings. The van der Waals surface area contributed by atoms with Crippen LogP contribution in [0.25, 0.3) is 0 Å². The minimum absolute atomic E-state index is 0.159. The van der Waals surface area contributed by atoms with E-state index in [9.17, 15) is 13.2 Å². The lowest BCUT2D eigenvalue weighted by Gasteiger charge is -2.26. The van der Waals surface area contributed by atoms with Gasteiger partial charge in [-0.2, -0.15) is 0 Å². The number of hydrogen-bond donors (Lipinski definition) is 2. The quantitative estimate of drug-likeness (QED) is 0.595. The van der Waals surface area contributed by atoms with Crippen molar-refractivity contribution in [2.24, 2.45) is 0 Å². The van der Waals surface area contributed by atoms with E-state index in [4.69, 9.17) is 9.47 Å². The first-order chi connectivity index (χ1) is 15.3. The molecule has 0 bridgehead atoms. The first-order valence-electron chi connectivity index (χ1n) is 10.2. The number of anilines is 1. The lowest BCUT2D eigenvalue weighted by Crippen LogP contribution is -2.40. The molecule has 1 amide bonds. The summed E-state index contributed by atoms with van der Waals surface area (Å²) in [7, 11) is -3.77. The van der Waals surface area contributed by atoms with E-state index < -0.39 is 10.0 Å². The Bertz CT molecular complexity index is 1240. The summed E-state index contributed by atoms with van der Waals surface area (Å²) in [6, 6.07) is 18.9. The van der Waals surface area contributed by atoms with Crippen LogP contribution >= 0.6 is 0 Å². The molecule has 0 saturated heterocycles. The van der Waals surface area contributed by atoms with E-state index in [-0.39, 0.29) is 23.5 Å². The van der Waals surface area contributed by atoms with Gasteiger partial charge in [0.1, 0.15) is 12.7 Å². The van der Waals surface area contributed by atoms with Crippen molar-refractivity contribution < 1.29 is 22.7 Å². The zero-order valence-corrected chi connectivity index (χ0v) is 18.6. The summed E-state index contributed by atoms with van der Waals surface area (Å²) in [4.78, 5) is 13.0. The third kappa shape index (κ3) is 4.70. The van der Waals surface area contributed by atoms with Gasteiger partial charge in [0.2, 0.25) is 0 Å². The van der Waals surface area contributed by atoms with Crippen LogP contribution < -0.4 is 19.5 Å². The topological polar surface area (TPSA) is 93.7 Å². The van der Waals surface area contributed by atoms with Crippen LogP contribution in [0.3, 0.4) is 0 Å². The molecule has 32 heavy (non-hydrogen) atoms. The van der Waals surface area contributed by atoms with Crippen molar-refractivity contribution in [1.82, 2.24) is 5.32 Å². The van der Waals surface area contributed by atoms with E-state index in [0.29, 0.717) is 34.9 Å². The molecular formula is C24H24N2O5S. The van der Waals surface area contributed by atoms with Crippen LogP contribution in [0.1, 0.15) is 21.5 Å². The summed E-state index contributed by atoms with van der Waals surface area (Å²) in [5.74, 6) is 1.00. The minimum Gasteiger partial charge on any atom is -0.486 e. The van der Waals surface area contributed by atoms with Crippen LogP contribution in [-0.4, -0.2) is 33.6 Å². The molecule has 0 spiro atoms. The number of carbonyl (C=O) groups excluding carboxylic acids is 1. The van der Waals surface area contributed by atoms with Crippen LogP contribution in [0.2, 0.25) is 0 Å². The van der Waals surface area contributed by atoms with Gasteiger partial charge in [0.25, 0.3) is 15.9 Å². The number of benzene rings is 3. The molecule has 0 radical (unpaired) electrons. The summed E-state index contributed by atoms with van der Waals surface area (Å²) < 4.78 is 39.6. The number of rotatable bonds is 6. The maximum absolute atomic E-state index is 12.8. The fraction of sp³-hybridized carbons (Fsp3) is 0.208. The molecular weight excluding hydrogens is 428 g/mol. The Morgan fingerprint density at radius 3 is 2.44 bits per heavy atom. The van der Waals surface area contributed by atoms with Crippen molar-refractivity contribution in [2.75, 3.05) is 17.9 Å². The lowest BCUT2D eigenvalue weighted by molar-refractivity contribution is 0.0789. The summed E-state index contributed by atoms with van der Waals surface area (Å²) >= 11 is 0. The Balaban J connectivity index is 1.44. The molecule has 7 nitrogen and oxygen atoms in total. The third-order valence-corrected chi connectivity index (χ3v) is 6.59. The van der Waals surface area contributed by atoms with Gasteiger partial charge in [-0.3, -0.25) is 9.52 Å². The second-order valence-electron chi connectivity index (χ2n) is 7.60. The number of para-hydroxylation sites is 2. The van der Waals surface area contributed by atoms with Crippen molar-refractivity contribution >= 4 is 21.6 Å². The molecule has 1 atom stereocenters. The van der Waals surface area contributed by atoms with Crippen molar-refractivity contribution in [1.29, 1.82) is 0 Å². The van der Waals surface area contributed by atoms with E-state index in [1.165, 1.54) is 0 Å². The summed E-state index contributed by atoms with van der Waals surface area (Å²) in [6.07, 6.45) is -0.322. The molecule has 4 rings (SSSR count). The van der Waals surface area contributed by atoms with Crippen molar-refractivity contribution in [3.05, 3.63) is 83.4 Å². The molecule has 166 valence electrons. The predicted octanol–water partition coefficient (Wildman–Crippen LogP) is 3.67. The van der Waals surface area contributed by atoms with E-state index in [2.05, 4.69) is 10.0 Å². The number of fused-ring (bicyclic) bond motifs is 1. The standard InChI is InChI=1S/C24H24N2O5S/c1-16-10-12-19(13-11-16)32(28,29)26-21-7-5-6-20(17(21)2)24(27)25-14-18-15-30-22-8-3-4-9-23(22)31-18/h3-13,18,26H,14-15H2,1-2H3,(H,25,27). The molecule has 3 aromatic rings. The summed E-state index contributed by atoms with van der Waals surface area (Å²) in [6.45, 7) is 4.18. The monoisotopic (exact) mass is 452 g/mol. The number of aryl methyl sites for hydroxylation is 1. The van der Waals surface area contributed by atoms with Gasteiger partial charge in [0.05, 0.1) is 17.1 Å². The van der Waals surface area contributed by atoms with Gasteiger partial charge in [-0.25, -0.2) is 8.42 Å². The van der Waals surface area contributed by atoms with Gasteiger partial charge in [0.15, 0.2) is 11.5 Å². The average Bonchev–Trinajstić information content (AvgIpc) is 2.79. The van der Waals surface area contributed by atoms with Crippen molar-refractivity contribution in [3.63, 3.8) is 0 Å². The van der Waals surface area contributed by atoms with Crippen LogP contribution in [0.15, 0.2) is 71.6 Å². The Hall–Kier alpha value is -3.52. The molecule has 1 unspecified atom stereocenters. The van der Waals surface area contributed by atoms with Gasteiger partial charge in [-0.05, 0) is 55.8 Å². The molecule has 3 aromatic carbocycles. The van der Waals surface area contributed by atoms with Gasteiger partial charge in [-0.15, -0.1) is 0 Å². The predicted molar refractivity (Wildman–Crippen MR) is 122 cm³/mol. The smallest absolute Gasteiger partial charge is 0.261 e. The fourth-order valence-electron chi connectivity index (χ4n) is 3.38. The molecule has 1 heterocycles. The summed E-state index contributed by atoms with van der Waals surface area (Å²) in [5.41, 5.74) is 2.23. The largest absolute Gasteiger partial charge is 0.486 e.